The molecular weight excluding hydrogens is 154 g/mol. The Labute approximate surface area is 73.6 Å². The van der Waals surface area contributed by atoms with Crippen molar-refractivity contribution in [2.45, 2.75) is 33.6 Å². The Balaban J connectivity index is 3.91. The van der Waals surface area contributed by atoms with Crippen LogP contribution in [-0.2, 0) is 9.53 Å². The number of allylic oxidation sites excluding steroid dienone is 1. The van der Waals surface area contributed by atoms with Crippen molar-refractivity contribution in [3.05, 3.63) is 11.3 Å². The van der Waals surface area contributed by atoms with Gasteiger partial charge in [0.15, 0.2) is 0 Å². The number of carbonyl (C=O) groups excluding carboxylic acids is 1. The maximum Gasteiger partial charge on any atom is 0.247 e. The van der Waals surface area contributed by atoms with Crippen LogP contribution in [0.25, 0.3) is 0 Å². The minimum atomic E-state index is -0.413. The molecule has 1 amide bonds. The van der Waals surface area contributed by atoms with E-state index in [1.807, 2.05) is 0 Å². The minimum absolute atomic E-state index is 0.413. The van der Waals surface area contributed by atoms with Crippen molar-refractivity contribution >= 4 is 5.91 Å². The van der Waals surface area contributed by atoms with Crippen LogP contribution in [0.2, 0.25) is 0 Å². The average Bonchev–Trinajstić information content (AvgIpc) is 2.03. The lowest BCUT2D eigenvalue weighted by Crippen LogP contribution is -2.14. The van der Waals surface area contributed by atoms with E-state index >= 15 is 0 Å². The Morgan fingerprint density at radius 2 is 2.00 bits per heavy atom. The molecule has 0 spiro atoms. The molecule has 0 radical (unpaired) electrons. The van der Waals surface area contributed by atoms with Crippen molar-refractivity contribution in [3.8, 4) is 0 Å². The molecule has 0 fully saturated rings. The summed E-state index contributed by atoms with van der Waals surface area (Å²) < 4.78 is 5.28. The summed E-state index contributed by atoms with van der Waals surface area (Å²) >= 11 is 0. The summed E-state index contributed by atoms with van der Waals surface area (Å²) in [5, 5.41) is 0. The number of amides is 1. The van der Waals surface area contributed by atoms with Gasteiger partial charge < -0.3 is 10.5 Å². The third-order valence-electron chi connectivity index (χ3n) is 1.71. The summed E-state index contributed by atoms with van der Waals surface area (Å²) in [5.74, 6) is 0.222. The zero-order valence-corrected chi connectivity index (χ0v) is 8.02. The summed E-state index contributed by atoms with van der Waals surface area (Å²) in [7, 11) is 0. The van der Waals surface area contributed by atoms with Gasteiger partial charge in [-0.2, -0.15) is 0 Å². The van der Waals surface area contributed by atoms with Crippen LogP contribution in [0.1, 0.15) is 33.6 Å². The molecule has 0 atom stereocenters. The normalized spacial score (nSPS) is 12.2. The smallest absolute Gasteiger partial charge is 0.247 e. The number of carbonyl (C=O) groups is 1. The SMILES string of the molecule is CCCCO/C(C)=C(\C)C(N)=O. The van der Waals surface area contributed by atoms with Crippen LogP contribution in [0.3, 0.4) is 0 Å². The highest BCUT2D eigenvalue weighted by atomic mass is 16.5. The standard InChI is InChI=1S/C9H17NO2/c1-4-5-6-12-8(3)7(2)9(10)11/h4-6H2,1-3H3,(H2,10,11)/b8-7+. The van der Waals surface area contributed by atoms with E-state index in [9.17, 15) is 4.79 Å². The number of hydrogen-bond donors (Lipinski definition) is 1. The number of ether oxygens (including phenoxy) is 1. The zero-order valence-electron chi connectivity index (χ0n) is 8.02. The molecule has 0 bridgehead atoms. The van der Waals surface area contributed by atoms with Crippen molar-refractivity contribution in [2.75, 3.05) is 6.61 Å². The van der Waals surface area contributed by atoms with Gasteiger partial charge in [-0.1, -0.05) is 13.3 Å². The third-order valence-corrected chi connectivity index (χ3v) is 1.71. The first-order valence-corrected chi connectivity index (χ1v) is 4.19. The molecule has 70 valence electrons. The molecular formula is C9H17NO2. The lowest BCUT2D eigenvalue weighted by Gasteiger charge is -2.07. The molecule has 0 aliphatic heterocycles. The van der Waals surface area contributed by atoms with Gasteiger partial charge >= 0.3 is 0 Å². The summed E-state index contributed by atoms with van der Waals surface area (Å²) in [6.45, 7) is 6.18. The van der Waals surface area contributed by atoms with E-state index in [1.54, 1.807) is 13.8 Å². The van der Waals surface area contributed by atoms with E-state index in [1.165, 1.54) is 0 Å². The van der Waals surface area contributed by atoms with Crippen molar-refractivity contribution in [2.24, 2.45) is 5.73 Å². The fraction of sp³-hybridized carbons (Fsp3) is 0.667. The maximum absolute atomic E-state index is 10.7. The Bertz CT molecular complexity index is 185. The van der Waals surface area contributed by atoms with Crippen LogP contribution in [0.5, 0.6) is 0 Å². The molecule has 0 heterocycles. The second-order valence-corrected chi connectivity index (χ2v) is 2.75. The van der Waals surface area contributed by atoms with Gasteiger partial charge in [0.1, 0.15) is 5.76 Å². The number of unbranched alkanes of at least 4 members (excludes halogenated alkanes) is 1. The largest absolute Gasteiger partial charge is 0.498 e. The number of nitrogens with two attached hydrogens (primary N) is 1. The molecule has 0 rings (SSSR count). The van der Waals surface area contributed by atoms with E-state index < -0.39 is 5.91 Å². The van der Waals surface area contributed by atoms with Crippen LogP contribution in [0.15, 0.2) is 11.3 Å². The summed E-state index contributed by atoms with van der Waals surface area (Å²) in [4.78, 5) is 10.7. The maximum atomic E-state index is 10.7. The summed E-state index contributed by atoms with van der Waals surface area (Å²) in [5.41, 5.74) is 5.57. The highest BCUT2D eigenvalue weighted by molar-refractivity contribution is 5.91. The Morgan fingerprint density at radius 1 is 1.42 bits per heavy atom. The first kappa shape index (κ1) is 11.0. The molecule has 12 heavy (non-hydrogen) atoms. The highest BCUT2D eigenvalue weighted by Gasteiger charge is 2.02. The van der Waals surface area contributed by atoms with Gasteiger partial charge in [-0.3, -0.25) is 4.79 Å². The van der Waals surface area contributed by atoms with Crippen molar-refractivity contribution in [3.63, 3.8) is 0 Å². The lowest BCUT2D eigenvalue weighted by molar-refractivity contribution is -0.114. The van der Waals surface area contributed by atoms with Crippen LogP contribution in [0.4, 0.5) is 0 Å². The van der Waals surface area contributed by atoms with E-state index in [2.05, 4.69) is 6.92 Å². The van der Waals surface area contributed by atoms with Crippen molar-refractivity contribution < 1.29 is 9.53 Å². The van der Waals surface area contributed by atoms with E-state index in [0.717, 1.165) is 12.8 Å². The van der Waals surface area contributed by atoms with Gasteiger partial charge in [-0.15, -0.1) is 0 Å². The highest BCUT2D eigenvalue weighted by Crippen LogP contribution is 2.05. The van der Waals surface area contributed by atoms with E-state index in [0.29, 0.717) is 17.9 Å². The molecule has 2 N–H and O–H groups in total. The second-order valence-electron chi connectivity index (χ2n) is 2.75. The van der Waals surface area contributed by atoms with Gasteiger partial charge in [-0.25, -0.2) is 0 Å². The first-order chi connectivity index (χ1) is 5.59. The molecule has 0 unspecified atom stereocenters. The fourth-order valence-electron chi connectivity index (χ4n) is 0.651. The zero-order chi connectivity index (χ0) is 9.56. The molecule has 0 aromatic carbocycles. The Morgan fingerprint density at radius 3 is 2.42 bits per heavy atom. The second kappa shape index (κ2) is 5.63. The number of rotatable bonds is 5. The van der Waals surface area contributed by atoms with Crippen LogP contribution >= 0.6 is 0 Å². The quantitative estimate of drug-likeness (QED) is 0.388. The molecule has 0 saturated carbocycles. The molecule has 0 aliphatic rings. The summed E-state index contributed by atoms with van der Waals surface area (Å²) in [6.07, 6.45) is 2.09. The topological polar surface area (TPSA) is 52.3 Å². The number of primary amides is 1. The molecule has 0 aromatic rings. The van der Waals surface area contributed by atoms with Crippen molar-refractivity contribution in [1.82, 2.24) is 0 Å². The molecule has 0 aromatic heterocycles. The van der Waals surface area contributed by atoms with Crippen LogP contribution in [-0.4, -0.2) is 12.5 Å². The fourth-order valence-corrected chi connectivity index (χ4v) is 0.651. The van der Waals surface area contributed by atoms with Crippen molar-refractivity contribution in [1.29, 1.82) is 0 Å². The van der Waals surface area contributed by atoms with Crippen LogP contribution < -0.4 is 5.73 Å². The van der Waals surface area contributed by atoms with Gasteiger partial charge in [-0.05, 0) is 20.3 Å². The van der Waals surface area contributed by atoms with Gasteiger partial charge in [0.2, 0.25) is 5.91 Å². The van der Waals surface area contributed by atoms with Gasteiger partial charge in [0, 0.05) is 0 Å². The van der Waals surface area contributed by atoms with Crippen LogP contribution in [0, 0.1) is 0 Å². The van der Waals surface area contributed by atoms with E-state index in [4.69, 9.17) is 10.5 Å². The number of hydrogen-bond acceptors (Lipinski definition) is 2. The molecule has 3 heteroatoms. The molecule has 0 aliphatic carbocycles. The monoisotopic (exact) mass is 171 g/mol. The summed E-state index contributed by atoms with van der Waals surface area (Å²) in [6, 6.07) is 0. The lowest BCUT2D eigenvalue weighted by atomic mass is 10.2. The third kappa shape index (κ3) is 4.01. The Hall–Kier alpha value is -0.990. The Kier molecular flexibility index (Phi) is 5.17. The minimum Gasteiger partial charge on any atom is -0.498 e. The van der Waals surface area contributed by atoms with Gasteiger partial charge in [0.25, 0.3) is 0 Å². The average molecular weight is 171 g/mol. The molecule has 0 saturated heterocycles. The predicted octanol–water partition coefficient (Wildman–Crippen LogP) is 1.58. The first-order valence-electron chi connectivity index (χ1n) is 4.19. The van der Waals surface area contributed by atoms with E-state index in [-0.39, 0.29) is 0 Å². The predicted molar refractivity (Wildman–Crippen MR) is 48.4 cm³/mol. The van der Waals surface area contributed by atoms with Gasteiger partial charge in [0.05, 0.1) is 12.2 Å². The molecule has 3 nitrogen and oxygen atoms in total.